The lowest BCUT2D eigenvalue weighted by atomic mass is 9.67. The van der Waals surface area contributed by atoms with Crippen molar-refractivity contribution in [2.24, 2.45) is 5.92 Å². The van der Waals surface area contributed by atoms with Crippen LogP contribution in [0, 0.1) is 5.92 Å². The van der Waals surface area contributed by atoms with Crippen LogP contribution in [0.4, 0.5) is 0 Å². The van der Waals surface area contributed by atoms with Crippen LogP contribution in [0.25, 0.3) is 0 Å². The van der Waals surface area contributed by atoms with Gasteiger partial charge in [0.2, 0.25) is 0 Å². The first-order valence-corrected chi connectivity index (χ1v) is 9.83. The number of ether oxygens (including phenoxy) is 1. The minimum absolute atomic E-state index is 0.0996. The molecule has 0 bridgehead atoms. The van der Waals surface area contributed by atoms with Gasteiger partial charge in [-0.25, -0.2) is 0 Å². The van der Waals surface area contributed by atoms with Gasteiger partial charge < -0.3 is 10.1 Å². The van der Waals surface area contributed by atoms with Crippen molar-refractivity contribution in [1.82, 2.24) is 5.32 Å². The number of hydrogen-bond acceptors (Lipinski definition) is 2. The lowest BCUT2D eigenvalue weighted by Gasteiger charge is -2.35. The van der Waals surface area contributed by atoms with Gasteiger partial charge in [-0.1, -0.05) is 85.8 Å². The third-order valence-corrected chi connectivity index (χ3v) is 5.84. The Bertz CT molecular complexity index is 862. The van der Waals surface area contributed by atoms with Crippen LogP contribution in [-0.4, -0.2) is 19.7 Å². The molecule has 0 saturated heterocycles. The molecule has 1 heterocycles. The molecule has 0 fully saturated rings. The Balaban J connectivity index is 1.52. The molecule has 138 valence electrons. The fraction of sp³-hybridized carbons (Fsp3) is 0.280. The van der Waals surface area contributed by atoms with Crippen molar-refractivity contribution >= 4 is 0 Å². The number of para-hydroxylation sites is 1. The SMILES string of the molecule is CC(CNCCc1ccccc1)C1(c2ccccc2)COc2ccccc21. The van der Waals surface area contributed by atoms with Crippen LogP contribution in [0.3, 0.4) is 0 Å². The normalized spacial score (nSPS) is 19.3. The largest absolute Gasteiger partial charge is 0.492 e. The van der Waals surface area contributed by atoms with E-state index in [-0.39, 0.29) is 5.41 Å². The summed E-state index contributed by atoms with van der Waals surface area (Å²) < 4.78 is 6.14. The van der Waals surface area contributed by atoms with Crippen LogP contribution in [0.2, 0.25) is 0 Å². The van der Waals surface area contributed by atoms with Crippen LogP contribution in [0.5, 0.6) is 5.75 Å². The summed E-state index contributed by atoms with van der Waals surface area (Å²) in [5.41, 5.74) is 3.93. The van der Waals surface area contributed by atoms with Crippen molar-refractivity contribution in [2.75, 3.05) is 19.7 Å². The maximum absolute atomic E-state index is 6.14. The smallest absolute Gasteiger partial charge is 0.123 e. The fourth-order valence-electron chi connectivity index (χ4n) is 4.27. The molecule has 0 aliphatic carbocycles. The lowest BCUT2D eigenvalue weighted by Crippen LogP contribution is -2.42. The van der Waals surface area contributed by atoms with Crippen molar-refractivity contribution in [2.45, 2.75) is 18.8 Å². The molecule has 2 atom stereocenters. The number of nitrogens with one attached hydrogen (secondary N) is 1. The average Bonchev–Trinajstić information content (AvgIpc) is 3.13. The summed E-state index contributed by atoms with van der Waals surface area (Å²) in [6.07, 6.45) is 1.05. The molecular weight excluding hydrogens is 330 g/mol. The minimum Gasteiger partial charge on any atom is -0.492 e. The predicted octanol–water partition coefficient (Wildman–Crippen LogP) is 4.83. The summed E-state index contributed by atoms with van der Waals surface area (Å²) in [6, 6.07) is 30.0. The van der Waals surface area contributed by atoms with Gasteiger partial charge in [0.25, 0.3) is 0 Å². The third-order valence-electron chi connectivity index (χ3n) is 5.84. The standard InChI is InChI=1S/C25H27NO/c1-20(18-26-17-16-21-10-4-2-5-11-21)25(22-12-6-3-7-13-22)19-27-24-15-9-8-14-23(24)25/h2-15,20,26H,16-19H2,1H3. The summed E-state index contributed by atoms with van der Waals surface area (Å²) in [5.74, 6) is 1.44. The zero-order valence-electron chi connectivity index (χ0n) is 15.9. The summed E-state index contributed by atoms with van der Waals surface area (Å²) >= 11 is 0. The first-order chi connectivity index (χ1) is 13.3. The van der Waals surface area contributed by atoms with Gasteiger partial charge >= 0.3 is 0 Å². The van der Waals surface area contributed by atoms with Gasteiger partial charge in [0, 0.05) is 5.56 Å². The van der Waals surface area contributed by atoms with E-state index in [0.717, 1.165) is 25.3 Å². The number of fused-ring (bicyclic) bond motifs is 1. The van der Waals surface area contributed by atoms with Crippen LogP contribution >= 0.6 is 0 Å². The van der Waals surface area contributed by atoms with Crippen LogP contribution < -0.4 is 10.1 Å². The molecule has 4 rings (SSSR count). The molecule has 3 aromatic rings. The summed E-state index contributed by atoms with van der Waals surface area (Å²) in [7, 11) is 0. The minimum atomic E-state index is -0.0996. The molecule has 2 heteroatoms. The summed E-state index contributed by atoms with van der Waals surface area (Å²) in [6.45, 7) is 4.99. The van der Waals surface area contributed by atoms with E-state index in [9.17, 15) is 0 Å². The van der Waals surface area contributed by atoms with E-state index in [1.807, 2.05) is 0 Å². The second kappa shape index (κ2) is 7.98. The molecule has 2 unspecified atom stereocenters. The Morgan fingerprint density at radius 1 is 0.889 bits per heavy atom. The Kier molecular flexibility index (Phi) is 5.26. The van der Waals surface area contributed by atoms with E-state index in [2.05, 4.69) is 97.2 Å². The lowest BCUT2D eigenvalue weighted by molar-refractivity contribution is 0.235. The zero-order valence-corrected chi connectivity index (χ0v) is 15.9. The molecule has 1 aliphatic rings. The van der Waals surface area contributed by atoms with Gasteiger partial charge in [0.05, 0.1) is 5.41 Å². The van der Waals surface area contributed by atoms with E-state index in [4.69, 9.17) is 4.74 Å². The van der Waals surface area contributed by atoms with Crippen molar-refractivity contribution < 1.29 is 4.74 Å². The highest BCUT2D eigenvalue weighted by molar-refractivity contribution is 5.51. The Morgan fingerprint density at radius 3 is 2.33 bits per heavy atom. The van der Waals surface area contributed by atoms with Crippen molar-refractivity contribution in [1.29, 1.82) is 0 Å². The Labute approximate surface area is 162 Å². The van der Waals surface area contributed by atoms with E-state index in [1.54, 1.807) is 0 Å². The second-order valence-electron chi connectivity index (χ2n) is 7.46. The maximum atomic E-state index is 6.14. The van der Waals surface area contributed by atoms with Crippen molar-refractivity contribution in [3.8, 4) is 5.75 Å². The van der Waals surface area contributed by atoms with E-state index >= 15 is 0 Å². The van der Waals surface area contributed by atoms with Crippen LogP contribution in [0.15, 0.2) is 84.9 Å². The number of benzene rings is 3. The predicted molar refractivity (Wildman–Crippen MR) is 111 cm³/mol. The average molecular weight is 357 g/mol. The van der Waals surface area contributed by atoms with E-state index < -0.39 is 0 Å². The molecule has 0 saturated carbocycles. The zero-order chi connectivity index (χ0) is 18.5. The topological polar surface area (TPSA) is 21.3 Å². The maximum Gasteiger partial charge on any atom is 0.123 e. The van der Waals surface area contributed by atoms with Gasteiger partial charge in [-0.2, -0.15) is 0 Å². The molecule has 2 nitrogen and oxygen atoms in total. The quantitative estimate of drug-likeness (QED) is 0.611. The van der Waals surface area contributed by atoms with E-state index in [0.29, 0.717) is 12.5 Å². The molecule has 0 amide bonds. The van der Waals surface area contributed by atoms with Crippen molar-refractivity contribution in [3.05, 3.63) is 102 Å². The van der Waals surface area contributed by atoms with Crippen LogP contribution in [-0.2, 0) is 11.8 Å². The van der Waals surface area contributed by atoms with E-state index in [1.165, 1.54) is 16.7 Å². The summed E-state index contributed by atoms with van der Waals surface area (Å²) in [5, 5.41) is 3.68. The highest BCUT2D eigenvalue weighted by atomic mass is 16.5. The third kappa shape index (κ3) is 3.50. The summed E-state index contributed by atoms with van der Waals surface area (Å²) in [4.78, 5) is 0. The number of rotatable bonds is 7. The highest BCUT2D eigenvalue weighted by Crippen LogP contribution is 2.47. The highest BCUT2D eigenvalue weighted by Gasteiger charge is 2.46. The Hall–Kier alpha value is -2.58. The van der Waals surface area contributed by atoms with Gasteiger partial charge in [0.1, 0.15) is 12.4 Å². The first kappa shape index (κ1) is 17.8. The molecule has 27 heavy (non-hydrogen) atoms. The molecule has 1 aliphatic heterocycles. The van der Waals surface area contributed by atoms with Crippen LogP contribution in [0.1, 0.15) is 23.6 Å². The fourth-order valence-corrected chi connectivity index (χ4v) is 4.27. The Morgan fingerprint density at radius 2 is 1.56 bits per heavy atom. The molecular formula is C25H27NO. The van der Waals surface area contributed by atoms with Gasteiger partial charge in [-0.15, -0.1) is 0 Å². The van der Waals surface area contributed by atoms with Crippen molar-refractivity contribution in [3.63, 3.8) is 0 Å². The molecule has 3 aromatic carbocycles. The van der Waals surface area contributed by atoms with Gasteiger partial charge in [-0.05, 0) is 42.6 Å². The monoisotopic (exact) mass is 357 g/mol. The molecule has 0 spiro atoms. The number of hydrogen-bond donors (Lipinski definition) is 1. The van der Waals surface area contributed by atoms with Gasteiger partial charge in [0.15, 0.2) is 0 Å². The molecule has 1 N–H and O–H groups in total. The van der Waals surface area contributed by atoms with Gasteiger partial charge in [-0.3, -0.25) is 0 Å². The second-order valence-corrected chi connectivity index (χ2v) is 7.46. The molecule has 0 aromatic heterocycles. The molecule has 0 radical (unpaired) electrons. The first-order valence-electron chi connectivity index (χ1n) is 9.83.